The van der Waals surface area contributed by atoms with Crippen LogP contribution in [-0.2, 0) is 30.3 Å². The van der Waals surface area contributed by atoms with Gasteiger partial charge in [-0.2, -0.15) is 0 Å². The summed E-state index contributed by atoms with van der Waals surface area (Å²) in [6.45, 7) is 17.9. The van der Waals surface area contributed by atoms with Crippen molar-refractivity contribution in [2.45, 2.75) is 67.7 Å². The van der Waals surface area contributed by atoms with Crippen molar-refractivity contribution in [3.05, 3.63) is 89.5 Å². The molecule has 217 valence electrons. The van der Waals surface area contributed by atoms with Gasteiger partial charge in [0.1, 0.15) is 5.76 Å². The molecule has 1 N–H and O–H groups in total. The van der Waals surface area contributed by atoms with E-state index in [0.29, 0.717) is 0 Å². The summed E-state index contributed by atoms with van der Waals surface area (Å²) in [4.78, 5) is 16.5. The summed E-state index contributed by atoms with van der Waals surface area (Å²) >= 11 is 1.79. The number of nitrogens with zero attached hydrogens (tertiary/aromatic N) is 1. The van der Waals surface area contributed by atoms with Crippen LogP contribution in [0.4, 0.5) is 0 Å². The number of aromatic nitrogens is 1. The number of thiophene rings is 1. The van der Waals surface area contributed by atoms with E-state index in [-0.39, 0.29) is 42.5 Å². The fourth-order valence-electron chi connectivity index (χ4n) is 4.39. The molecule has 0 fully saturated rings. The number of pyridine rings is 1. The number of ketones is 1. The van der Waals surface area contributed by atoms with Crippen LogP contribution in [0.15, 0.2) is 77.9 Å². The fraction of sp³-hybridized carbons (Fsp3) is 0.333. The molecule has 0 atom stereocenters. The number of aliphatic hydroxyl groups excluding tert-OH is 1. The number of rotatable bonds is 2. The Morgan fingerprint density at radius 1 is 0.829 bits per heavy atom. The summed E-state index contributed by atoms with van der Waals surface area (Å²) in [7, 11) is 0. The second kappa shape index (κ2) is 12.2. The first kappa shape index (κ1) is 32.7. The van der Waals surface area contributed by atoms with Gasteiger partial charge in [0.05, 0.1) is 5.52 Å². The smallest absolute Gasteiger partial charge is 0.164 e. The van der Waals surface area contributed by atoms with Crippen LogP contribution in [0, 0.1) is 16.9 Å². The van der Waals surface area contributed by atoms with E-state index in [4.69, 9.17) is 4.98 Å². The van der Waals surface area contributed by atoms with Gasteiger partial charge in [0.15, 0.2) is 5.78 Å². The van der Waals surface area contributed by atoms with Crippen LogP contribution in [0.25, 0.3) is 43.0 Å². The number of aliphatic hydroxyl groups is 1. The average Bonchev–Trinajstić information content (AvgIpc) is 3.36. The molecule has 0 bridgehead atoms. The molecule has 5 aromatic rings. The van der Waals surface area contributed by atoms with E-state index in [0.717, 1.165) is 22.2 Å². The molecule has 3 aromatic carbocycles. The maximum Gasteiger partial charge on any atom is 0.164 e. The summed E-state index contributed by atoms with van der Waals surface area (Å²) in [5.41, 5.74) is 3.77. The Bertz CT molecular complexity index is 1730. The normalized spacial score (nSPS) is 12.7. The number of hydrogen-bond donors (Lipinski definition) is 1. The van der Waals surface area contributed by atoms with Crippen LogP contribution in [0.1, 0.15) is 67.9 Å². The van der Waals surface area contributed by atoms with Crippen LogP contribution in [0.3, 0.4) is 0 Å². The minimum Gasteiger partial charge on any atom is -0.512 e. The van der Waals surface area contributed by atoms with Crippen LogP contribution >= 0.6 is 11.3 Å². The molecule has 3 nitrogen and oxygen atoms in total. The van der Waals surface area contributed by atoms with Crippen LogP contribution < -0.4 is 0 Å². The second-order valence-electron chi connectivity index (χ2n) is 13.4. The van der Waals surface area contributed by atoms with Gasteiger partial charge in [0.25, 0.3) is 0 Å². The topological polar surface area (TPSA) is 50.2 Å². The Kier molecular flexibility index (Phi) is 9.70. The minimum atomic E-state index is -0.417. The summed E-state index contributed by atoms with van der Waals surface area (Å²) < 4.78 is 1.30. The van der Waals surface area contributed by atoms with Gasteiger partial charge in [-0.3, -0.25) is 9.78 Å². The number of para-hydroxylation sites is 1. The third kappa shape index (κ3) is 7.33. The van der Waals surface area contributed by atoms with E-state index in [2.05, 4.69) is 92.9 Å². The molecule has 0 spiro atoms. The van der Waals surface area contributed by atoms with Crippen molar-refractivity contribution in [2.24, 2.45) is 10.8 Å². The number of benzene rings is 3. The molecule has 2 aromatic heterocycles. The summed E-state index contributed by atoms with van der Waals surface area (Å²) in [5, 5.41) is 16.6. The molecule has 0 unspecified atom stereocenters. The van der Waals surface area contributed by atoms with E-state index in [1.165, 1.54) is 32.5 Å². The number of carbonyl (C=O) groups is 1. The van der Waals surface area contributed by atoms with Crippen LogP contribution in [-0.4, -0.2) is 15.9 Å². The maximum atomic E-state index is 11.5. The van der Waals surface area contributed by atoms with E-state index in [1.54, 1.807) is 11.3 Å². The van der Waals surface area contributed by atoms with Gasteiger partial charge in [0, 0.05) is 52.8 Å². The van der Waals surface area contributed by atoms with E-state index in [1.807, 2.05) is 41.5 Å². The van der Waals surface area contributed by atoms with Crippen molar-refractivity contribution in [3.63, 3.8) is 0 Å². The Morgan fingerprint density at radius 3 is 2.05 bits per heavy atom. The predicted molar refractivity (Wildman–Crippen MR) is 172 cm³/mol. The second-order valence-corrected chi connectivity index (χ2v) is 14.3. The van der Waals surface area contributed by atoms with Crippen molar-refractivity contribution >= 4 is 48.9 Å². The Hall–Kier alpha value is -2.85. The van der Waals surface area contributed by atoms with Gasteiger partial charge in [-0.05, 0) is 28.3 Å². The first-order valence-electron chi connectivity index (χ1n) is 13.7. The number of carbonyl (C=O) groups excluding carboxylic acids is 1. The standard InChI is InChI=1S/C25H20NS.C11H20O2.Ir/c1-25(2,3)21-15-17(14-16-8-4-5-9-18(16)21)23-20-12-13-27-24(20)19-10-6-7-11-22(19)26-23;1-10(2,3)8(12)7-9(13)11(4,5)6;/h4-13,15H,1-3H3;7,12H,1-6H3;/q-1;;/b;8-7-;. The van der Waals surface area contributed by atoms with Gasteiger partial charge in [0.2, 0.25) is 0 Å². The molecule has 5 rings (SSSR count). The summed E-state index contributed by atoms with van der Waals surface area (Å²) in [6.07, 6.45) is 1.33. The SMILES string of the molecule is CC(C)(C)C(=O)/C=C(\O)C(C)(C)C.CC(C)(C)c1cc(-c2nc3ccccc3c3sccc23)[c-]c2ccccc12.[Ir]. The molecular weight excluding hydrogens is 703 g/mol. The Balaban J connectivity index is 0.000000284. The molecule has 0 aliphatic rings. The molecular formula is C36H40IrNO2S-. The third-order valence-electron chi connectivity index (χ3n) is 6.92. The molecule has 5 heteroatoms. The predicted octanol–water partition coefficient (Wildman–Crippen LogP) is 10.5. The molecule has 41 heavy (non-hydrogen) atoms. The Labute approximate surface area is 262 Å². The largest absolute Gasteiger partial charge is 0.512 e. The number of fused-ring (bicyclic) bond motifs is 4. The van der Waals surface area contributed by atoms with E-state index >= 15 is 0 Å². The molecule has 0 aliphatic carbocycles. The monoisotopic (exact) mass is 743 g/mol. The molecule has 0 saturated carbocycles. The zero-order valence-corrected chi connectivity index (χ0v) is 28.7. The van der Waals surface area contributed by atoms with Crippen molar-refractivity contribution < 1.29 is 30.0 Å². The van der Waals surface area contributed by atoms with Crippen molar-refractivity contribution in [3.8, 4) is 11.3 Å². The quantitative estimate of drug-likeness (QED) is 0.111. The molecule has 1 radical (unpaired) electrons. The molecule has 0 saturated heterocycles. The molecule has 2 heterocycles. The fourth-order valence-corrected chi connectivity index (χ4v) is 5.32. The van der Waals surface area contributed by atoms with Crippen LogP contribution in [0.5, 0.6) is 0 Å². The zero-order chi connectivity index (χ0) is 29.5. The Morgan fingerprint density at radius 2 is 1.44 bits per heavy atom. The van der Waals surface area contributed by atoms with E-state index in [9.17, 15) is 9.90 Å². The third-order valence-corrected chi connectivity index (χ3v) is 7.86. The van der Waals surface area contributed by atoms with Gasteiger partial charge < -0.3 is 5.11 Å². The number of allylic oxidation sites excluding steroid dienone is 2. The molecule has 0 aliphatic heterocycles. The van der Waals surface area contributed by atoms with Gasteiger partial charge in [-0.1, -0.05) is 110 Å². The van der Waals surface area contributed by atoms with Crippen LogP contribution in [0.2, 0.25) is 0 Å². The summed E-state index contributed by atoms with van der Waals surface area (Å²) in [5.74, 6) is 0.104. The van der Waals surface area contributed by atoms with Gasteiger partial charge >= 0.3 is 0 Å². The van der Waals surface area contributed by atoms with Crippen molar-refractivity contribution in [1.29, 1.82) is 0 Å². The first-order chi connectivity index (χ1) is 18.6. The zero-order valence-electron chi connectivity index (χ0n) is 25.5. The molecule has 0 amide bonds. The van der Waals surface area contributed by atoms with Gasteiger partial charge in [-0.15, -0.1) is 40.5 Å². The summed E-state index contributed by atoms with van der Waals surface area (Å²) in [6, 6.07) is 25.1. The minimum absolute atomic E-state index is 0. The first-order valence-corrected chi connectivity index (χ1v) is 14.6. The number of hydrogen-bond acceptors (Lipinski definition) is 4. The average molecular weight is 743 g/mol. The van der Waals surface area contributed by atoms with Crippen molar-refractivity contribution in [1.82, 2.24) is 4.98 Å². The van der Waals surface area contributed by atoms with E-state index < -0.39 is 5.41 Å². The van der Waals surface area contributed by atoms with Gasteiger partial charge in [-0.25, -0.2) is 0 Å². The maximum absolute atomic E-state index is 11.5. The van der Waals surface area contributed by atoms with Crippen molar-refractivity contribution in [2.75, 3.05) is 0 Å².